The van der Waals surface area contributed by atoms with Gasteiger partial charge in [0.2, 0.25) is 0 Å². The summed E-state index contributed by atoms with van der Waals surface area (Å²) in [5.41, 5.74) is 8.69. The summed E-state index contributed by atoms with van der Waals surface area (Å²) in [5.74, 6) is 1.03. The van der Waals surface area contributed by atoms with Gasteiger partial charge in [0.15, 0.2) is 5.96 Å². The van der Waals surface area contributed by atoms with E-state index >= 15 is 0 Å². The third-order valence-corrected chi connectivity index (χ3v) is 3.35. The zero-order chi connectivity index (χ0) is 12.8. The van der Waals surface area contributed by atoms with Crippen LogP contribution in [0.5, 0.6) is 0 Å². The van der Waals surface area contributed by atoms with E-state index in [0.29, 0.717) is 25.0 Å². The molecule has 18 heavy (non-hydrogen) atoms. The Morgan fingerprint density at radius 3 is 3.17 bits per heavy atom. The number of ether oxygens (including phenoxy) is 1. The van der Waals surface area contributed by atoms with Crippen molar-refractivity contribution in [3.63, 3.8) is 0 Å². The largest absolute Gasteiger partial charge is 0.383 e. The van der Waals surface area contributed by atoms with Gasteiger partial charge in [0.25, 0.3) is 0 Å². The first-order chi connectivity index (χ1) is 8.81. The Morgan fingerprint density at radius 2 is 2.33 bits per heavy atom. The average Bonchev–Trinajstić information content (AvgIpc) is 2.80. The Balaban J connectivity index is 1.86. The van der Waals surface area contributed by atoms with Gasteiger partial charge in [-0.05, 0) is 24.0 Å². The summed E-state index contributed by atoms with van der Waals surface area (Å²) in [6.45, 7) is 2.11. The highest BCUT2D eigenvalue weighted by Gasteiger charge is 2.21. The summed E-state index contributed by atoms with van der Waals surface area (Å²) in [4.78, 5) is 4.40. The minimum Gasteiger partial charge on any atom is -0.383 e. The van der Waals surface area contributed by atoms with Crippen molar-refractivity contribution in [3.05, 3.63) is 35.4 Å². The molecule has 1 aliphatic rings. The molecule has 1 aliphatic carbocycles. The van der Waals surface area contributed by atoms with E-state index in [-0.39, 0.29) is 0 Å². The lowest BCUT2D eigenvalue weighted by molar-refractivity contribution is 0.204. The maximum Gasteiger partial charge on any atom is 0.188 e. The predicted molar refractivity (Wildman–Crippen MR) is 73.9 cm³/mol. The standard InChI is InChI=1S/C14H21N3O/c1-18-9-8-16-14(15)17-10-12-7-6-11-4-2-3-5-13(11)12/h2-5,12H,6-10H2,1H3,(H3,15,16,17). The molecule has 1 unspecified atom stereocenters. The van der Waals surface area contributed by atoms with Gasteiger partial charge in [-0.3, -0.25) is 4.99 Å². The van der Waals surface area contributed by atoms with Crippen molar-refractivity contribution in [3.8, 4) is 0 Å². The third kappa shape index (κ3) is 3.23. The number of methoxy groups -OCH3 is 1. The number of hydrogen-bond donors (Lipinski definition) is 2. The maximum absolute atomic E-state index is 5.80. The van der Waals surface area contributed by atoms with Crippen LogP contribution in [0.4, 0.5) is 0 Å². The summed E-state index contributed by atoms with van der Waals surface area (Å²) < 4.78 is 4.94. The lowest BCUT2D eigenvalue weighted by Gasteiger charge is -2.10. The number of aryl methyl sites for hydroxylation is 1. The van der Waals surface area contributed by atoms with Crippen LogP contribution in [0.2, 0.25) is 0 Å². The molecule has 1 atom stereocenters. The Kier molecular flexibility index (Phi) is 4.59. The number of nitrogens with zero attached hydrogens (tertiary/aromatic N) is 1. The molecule has 98 valence electrons. The molecule has 0 aliphatic heterocycles. The van der Waals surface area contributed by atoms with E-state index in [1.165, 1.54) is 17.5 Å². The molecule has 3 N–H and O–H groups in total. The number of hydrogen-bond acceptors (Lipinski definition) is 2. The van der Waals surface area contributed by atoms with Crippen molar-refractivity contribution < 1.29 is 4.74 Å². The van der Waals surface area contributed by atoms with Gasteiger partial charge in [-0.15, -0.1) is 0 Å². The summed E-state index contributed by atoms with van der Waals surface area (Å²) >= 11 is 0. The van der Waals surface area contributed by atoms with Crippen molar-refractivity contribution in [2.45, 2.75) is 18.8 Å². The molecule has 0 bridgehead atoms. The molecule has 2 rings (SSSR count). The molecule has 0 spiro atoms. The van der Waals surface area contributed by atoms with E-state index in [9.17, 15) is 0 Å². The lowest BCUT2D eigenvalue weighted by Crippen LogP contribution is -2.34. The number of guanidine groups is 1. The molecule has 1 aromatic rings. The number of nitrogens with one attached hydrogen (secondary N) is 1. The minimum atomic E-state index is 0.511. The van der Waals surface area contributed by atoms with Gasteiger partial charge >= 0.3 is 0 Å². The van der Waals surface area contributed by atoms with Gasteiger partial charge in [-0.1, -0.05) is 24.3 Å². The van der Waals surface area contributed by atoms with Gasteiger partial charge in [-0.25, -0.2) is 0 Å². The first-order valence-corrected chi connectivity index (χ1v) is 6.42. The predicted octanol–water partition coefficient (Wildman–Crippen LogP) is 1.27. The van der Waals surface area contributed by atoms with Gasteiger partial charge in [0.05, 0.1) is 6.61 Å². The topological polar surface area (TPSA) is 59.6 Å². The van der Waals surface area contributed by atoms with Crippen LogP contribution in [0.1, 0.15) is 23.5 Å². The Labute approximate surface area is 108 Å². The molecule has 4 heteroatoms. The van der Waals surface area contributed by atoms with E-state index in [2.05, 4.69) is 34.6 Å². The third-order valence-electron chi connectivity index (χ3n) is 3.35. The smallest absolute Gasteiger partial charge is 0.188 e. The van der Waals surface area contributed by atoms with Crippen molar-refractivity contribution >= 4 is 5.96 Å². The Hall–Kier alpha value is -1.55. The number of benzene rings is 1. The molecule has 0 radical (unpaired) electrons. The van der Waals surface area contributed by atoms with Crippen LogP contribution in [0, 0.1) is 0 Å². The Morgan fingerprint density at radius 1 is 1.50 bits per heavy atom. The van der Waals surface area contributed by atoms with E-state index in [4.69, 9.17) is 10.5 Å². The number of fused-ring (bicyclic) bond motifs is 1. The molecule has 4 nitrogen and oxygen atoms in total. The second-order valence-corrected chi connectivity index (χ2v) is 4.58. The van der Waals surface area contributed by atoms with Gasteiger partial charge in [0.1, 0.15) is 0 Å². The van der Waals surface area contributed by atoms with E-state index in [1.807, 2.05) is 0 Å². The zero-order valence-electron chi connectivity index (χ0n) is 10.9. The van der Waals surface area contributed by atoms with Crippen LogP contribution in [0.3, 0.4) is 0 Å². The summed E-state index contributed by atoms with van der Waals surface area (Å²) in [6, 6.07) is 8.61. The molecule has 1 aromatic carbocycles. The van der Waals surface area contributed by atoms with Crippen LogP contribution < -0.4 is 11.1 Å². The second-order valence-electron chi connectivity index (χ2n) is 4.58. The minimum absolute atomic E-state index is 0.511. The van der Waals surface area contributed by atoms with Crippen molar-refractivity contribution in [2.24, 2.45) is 10.7 Å². The van der Waals surface area contributed by atoms with E-state index < -0.39 is 0 Å². The molecule has 0 heterocycles. The highest BCUT2D eigenvalue weighted by atomic mass is 16.5. The molecule has 0 amide bonds. The molecule has 0 aromatic heterocycles. The van der Waals surface area contributed by atoms with Crippen LogP contribution in [-0.2, 0) is 11.2 Å². The summed E-state index contributed by atoms with van der Waals surface area (Å²) in [5, 5.41) is 3.03. The van der Waals surface area contributed by atoms with Crippen molar-refractivity contribution in [1.29, 1.82) is 0 Å². The molecule has 0 saturated carbocycles. The monoisotopic (exact) mass is 247 g/mol. The fourth-order valence-electron chi connectivity index (χ4n) is 2.38. The Bertz CT molecular complexity index is 417. The van der Waals surface area contributed by atoms with Crippen LogP contribution in [0.15, 0.2) is 29.3 Å². The van der Waals surface area contributed by atoms with Gasteiger partial charge < -0.3 is 15.8 Å². The lowest BCUT2D eigenvalue weighted by atomic mass is 10.0. The van der Waals surface area contributed by atoms with Gasteiger partial charge in [-0.2, -0.15) is 0 Å². The number of aliphatic imine (C=N–C) groups is 1. The fourth-order valence-corrected chi connectivity index (χ4v) is 2.38. The van der Waals surface area contributed by atoms with E-state index in [1.54, 1.807) is 7.11 Å². The summed E-state index contributed by atoms with van der Waals surface area (Å²) in [7, 11) is 1.67. The SMILES string of the molecule is COCCNC(N)=NCC1CCc2ccccc21. The van der Waals surface area contributed by atoms with Crippen molar-refractivity contribution in [2.75, 3.05) is 26.8 Å². The molecule has 0 saturated heterocycles. The highest BCUT2D eigenvalue weighted by molar-refractivity contribution is 5.77. The van der Waals surface area contributed by atoms with Gasteiger partial charge in [0, 0.05) is 26.1 Å². The maximum atomic E-state index is 5.80. The van der Waals surface area contributed by atoms with Crippen LogP contribution in [-0.4, -0.2) is 32.8 Å². The quantitative estimate of drug-likeness (QED) is 0.468. The molecular formula is C14H21N3O. The molecule has 0 fully saturated rings. The average molecular weight is 247 g/mol. The summed E-state index contributed by atoms with van der Waals surface area (Å²) in [6.07, 6.45) is 2.33. The normalized spacial score (nSPS) is 18.7. The molecular weight excluding hydrogens is 226 g/mol. The zero-order valence-corrected chi connectivity index (χ0v) is 10.9. The highest BCUT2D eigenvalue weighted by Crippen LogP contribution is 2.32. The van der Waals surface area contributed by atoms with Crippen LogP contribution >= 0.6 is 0 Å². The second kappa shape index (κ2) is 6.40. The number of rotatable bonds is 5. The number of nitrogens with two attached hydrogens (primary N) is 1. The van der Waals surface area contributed by atoms with E-state index in [0.717, 1.165) is 13.0 Å². The first-order valence-electron chi connectivity index (χ1n) is 6.42. The van der Waals surface area contributed by atoms with Crippen LogP contribution in [0.25, 0.3) is 0 Å². The van der Waals surface area contributed by atoms with Crippen molar-refractivity contribution in [1.82, 2.24) is 5.32 Å². The first kappa shape index (κ1) is 12.9. The fraction of sp³-hybridized carbons (Fsp3) is 0.500.